The molecule has 1 aliphatic rings. The molecule has 210 valence electrons. The van der Waals surface area contributed by atoms with Crippen LogP contribution in [0.3, 0.4) is 0 Å². The maximum atomic E-state index is 13.3. The molecule has 3 aromatic rings. The Bertz CT molecular complexity index is 1480. The van der Waals surface area contributed by atoms with Crippen molar-refractivity contribution in [3.8, 4) is 6.19 Å². The van der Waals surface area contributed by atoms with Crippen molar-refractivity contribution in [1.82, 2.24) is 15.5 Å². The zero-order chi connectivity index (χ0) is 29.4. The third-order valence-corrected chi connectivity index (χ3v) is 6.69. The molecule has 0 saturated heterocycles. The van der Waals surface area contributed by atoms with Crippen LogP contribution >= 0.6 is 0 Å². The number of para-hydroxylation sites is 1. The van der Waals surface area contributed by atoms with Gasteiger partial charge in [0.2, 0.25) is 11.9 Å². The maximum absolute atomic E-state index is 13.3. The average Bonchev–Trinajstić information content (AvgIpc) is 3.27. The molecule has 41 heavy (non-hydrogen) atoms. The first-order valence-corrected chi connectivity index (χ1v) is 12.9. The summed E-state index contributed by atoms with van der Waals surface area (Å²) in [7, 11) is 1.79. The highest BCUT2D eigenvalue weighted by Gasteiger charge is 2.35. The molecule has 0 saturated carbocycles. The lowest BCUT2D eigenvalue weighted by Crippen LogP contribution is -2.46. The molecule has 0 fully saturated rings. The summed E-state index contributed by atoms with van der Waals surface area (Å²) >= 11 is 0. The number of hydrogen-bond acceptors (Lipinski definition) is 6. The van der Waals surface area contributed by atoms with E-state index in [1.54, 1.807) is 37.4 Å². The molecule has 4 rings (SSSR count). The van der Waals surface area contributed by atoms with E-state index in [4.69, 9.17) is 10.4 Å². The number of carbonyl (C=O) groups excluding carboxylic acids is 1. The Kier molecular flexibility index (Phi) is 9.29. The van der Waals surface area contributed by atoms with Crippen molar-refractivity contribution in [1.29, 1.82) is 5.26 Å². The van der Waals surface area contributed by atoms with Crippen molar-refractivity contribution in [2.75, 3.05) is 12.4 Å². The number of nitrogens with zero attached hydrogens (tertiary/aromatic N) is 3. The number of benzene rings is 3. The van der Waals surface area contributed by atoms with Gasteiger partial charge in [-0.3, -0.25) is 19.8 Å². The molecule has 5 N–H and O–H groups in total. The highest BCUT2D eigenvalue weighted by Crippen LogP contribution is 2.34. The fraction of sp³-hybridized carbons (Fsp3) is 0.233. The van der Waals surface area contributed by atoms with E-state index in [1.807, 2.05) is 53.6 Å². The van der Waals surface area contributed by atoms with Crippen molar-refractivity contribution >= 4 is 35.2 Å². The summed E-state index contributed by atoms with van der Waals surface area (Å²) < 4.78 is 0. The lowest BCUT2D eigenvalue weighted by atomic mass is 10.0. The predicted molar refractivity (Wildman–Crippen MR) is 152 cm³/mol. The summed E-state index contributed by atoms with van der Waals surface area (Å²) in [6.07, 6.45) is 2.36. The van der Waals surface area contributed by atoms with Crippen LogP contribution in [0.25, 0.3) is 0 Å². The molecular formula is C30H30N6O5. The van der Waals surface area contributed by atoms with E-state index in [-0.39, 0.29) is 18.8 Å². The van der Waals surface area contributed by atoms with Crippen molar-refractivity contribution in [2.45, 2.75) is 37.9 Å². The Morgan fingerprint density at radius 2 is 1.76 bits per heavy atom. The minimum Gasteiger partial charge on any atom is -0.481 e. The van der Waals surface area contributed by atoms with Gasteiger partial charge in [-0.25, -0.2) is 9.79 Å². The Hall–Kier alpha value is -5.21. The number of carboxylic acid groups (broad SMARTS) is 2. The largest absolute Gasteiger partial charge is 0.481 e. The van der Waals surface area contributed by atoms with E-state index < -0.39 is 29.9 Å². The van der Waals surface area contributed by atoms with Crippen molar-refractivity contribution in [2.24, 2.45) is 4.99 Å². The van der Waals surface area contributed by atoms with Crippen LogP contribution in [0.4, 0.5) is 11.4 Å². The van der Waals surface area contributed by atoms with Gasteiger partial charge in [0.05, 0.1) is 5.69 Å². The summed E-state index contributed by atoms with van der Waals surface area (Å²) in [6, 6.07) is 19.9. The first-order valence-electron chi connectivity index (χ1n) is 12.9. The minimum atomic E-state index is -1.15. The van der Waals surface area contributed by atoms with Crippen molar-refractivity contribution in [3.05, 3.63) is 95.1 Å². The minimum absolute atomic E-state index is 0.0142. The summed E-state index contributed by atoms with van der Waals surface area (Å²) in [4.78, 5) is 42.4. The second kappa shape index (κ2) is 13.2. The van der Waals surface area contributed by atoms with E-state index in [9.17, 15) is 19.5 Å². The van der Waals surface area contributed by atoms with Crippen LogP contribution in [-0.2, 0) is 33.8 Å². The van der Waals surface area contributed by atoms with Gasteiger partial charge in [-0.2, -0.15) is 5.26 Å². The number of rotatable bonds is 10. The number of nitrogens with one attached hydrogen (secondary N) is 3. The van der Waals surface area contributed by atoms with E-state index in [2.05, 4.69) is 20.9 Å². The topological polar surface area (TPSA) is 167 Å². The van der Waals surface area contributed by atoms with Gasteiger partial charge < -0.3 is 20.8 Å². The summed E-state index contributed by atoms with van der Waals surface area (Å²) in [5.41, 5.74) is 4.54. The molecule has 1 amide bonds. The molecular weight excluding hydrogens is 524 g/mol. The summed E-state index contributed by atoms with van der Waals surface area (Å²) in [6.45, 7) is 0.468. The molecule has 0 bridgehead atoms. The van der Waals surface area contributed by atoms with Gasteiger partial charge in [-0.15, -0.1) is 0 Å². The number of hydrogen-bond donors (Lipinski definition) is 5. The van der Waals surface area contributed by atoms with Crippen LogP contribution < -0.4 is 16.0 Å². The second-order valence-electron chi connectivity index (χ2n) is 9.70. The second-order valence-corrected chi connectivity index (χ2v) is 9.70. The van der Waals surface area contributed by atoms with Gasteiger partial charge >= 0.3 is 11.9 Å². The third-order valence-electron chi connectivity index (χ3n) is 6.69. The van der Waals surface area contributed by atoms with E-state index in [0.29, 0.717) is 29.9 Å². The normalized spacial score (nSPS) is 15.3. The number of likely N-dealkylation sites (N-methyl/N-ethyl adjacent to an activating group) is 1. The van der Waals surface area contributed by atoms with Crippen LogP contribution in [0.5, 0.6) is 0 Å². The van der Waals surface area contributed by atoms with Crippen LogP contribution in [0, 0.1) is 11.5 Å². The quantitative estimate of drug-likeness (QED) is 0.109. The third kappa shape index (κ3) is 7.68. The van der Waals surface area contributed by atoms with Gasteiger partial charge in [0.1, 0.15) is 12.1 Å². The summed E-state index contributed by atoms with van der Waals surface area (Å²) in [5, 5.41) is 36.1. The lowest BCUT2D eigenvalue weighted by Gasteiger charge is -2.23. The molecule has 11 heteroatoms. The van der Waals surface area contributed by atoms with Crippen LogP contribution in [0.2, 0.25) is 0 Å². The number of guanidine groups is 1. The van der Waals surface area contributed by atoms with Crippen molar-refractivity contribution < 1.29 is 24.6 Å². The van der Waals surface area contributed by atoms with Crippen LogP contribution in [-0.4, -0.2) is 52.0 Å². The maximum Gasteiger partial charge on any atom is 0.326 e. The fourth-order valence-electron chi connectivity index (χ4n) is 4.71. The molecule has 2 atom stereocenters. The van der Waals surface area contributed by atoms with Gasteiger partial charge in [-0.1, -0.05) is 48.5 Å². The number of anilines is 1. The molecule has 2 unspecified atom stereocenters. The Labute approximate surface area is 237 Å². The Balaban J connectivity index is 1.44. The van der Waals surface area contributed by atoms with Crippen LogP contribution in [0.1, 0.15) is 34.7 Å². The van der Waals surface area contributed by atoms with E-state index in [0.717, 1.165) is 16.7 Å². The van der Waals surface area contributed by atoms with Gasteiger partial charge in [0.15, 0.2) is 6.19 Å². The zero-order valence-corrected chi connectivity index (χ0v) is 22.4. The number of aliphatic carboxylic acids is 2. The Morgan fingerprint density at radius 3 is 2.41 bits per heavy atom. The highest BCUT2D eigenvalue weighted by atomic mass is 16.4. The number of carboxylic acids is 2. The van der Waals surface area contributed by atoms with Gasteiger partial charge in [-0.05, 0) is 60.0 Å². The molecule has 0 aromatic heterocycles. The molecule has 0 radical (unpaired) electrons. The zero-order valence-electron chi connectivity index (χ0n) is 22.4. The van der Waals surface area contributed by atoms with Gasteiger partial charge in [0, 0.05) is 25.1 Å². The lowest BCUT2D eigenvalue weighted by molar-refractivity contribution is -0.142. The van der Waals surface area contributed by atoms with Gasteiger partial charge in [0.25, 0.3) is 0 Å². The first-order chi connectivity index (χ1) is 19.7. The molecule has 0 spiro atoms. The highest BCUT2D eigenvalue weighted by molar-refractivity contribution is 5.96. The van der Waals surface area contributed by atoms with E-state index >= 15 is 0 Å². The van der Waals surface area contributed by atoms with E-state index in [1.165, 1.54) is 0 Å². The predicted octanol–water partition coefficient (Wildman–Crippen LogP) is 3.17. The number of aryl methyl sites for hydroxylation is 1. The standard InChI is InChI=1S/C30H30N6O5/c1-36-17-21-16-23(34-30(32-18-31)33-22-5-3-2-4-6-22)12-13-24(21)27(36)28(39)35-25(29(40)41)15-20-9-7-19(8-10-20)11-14-26(37)38/h2-10,12-13,16,25,27H,11,14-15,17H2,1H3,(H,35,39)(H,37,38)(H,40,41)(H2,32,33,34). The first kappa shape index (κ1) is 28.8. The number of aliphatic imine (C=N–C) groups is 1. The molecule has 11 nitrogen and oxygen atoms in total. The Morgan fingerprint density at radius 1 is 1.05 bits per heavy atom. The van der Waals surface area contributed by atoms with Crippen molar-refractivity contribution in [3.63, 3.8) is 0 Å². The molecule has 3 aromatic carbocycles. The number of nitriles is 1. The average molecular weight is 555 g/mol. The molecule has 1 aliphatic heterocycles. The molecule has 0 aliphatic carbocycles. The fourth-order valence-corrected chi connectivity index (χ4v) is 4.71. The monoisotopic (exact) mass is 554 g/mol. The summed E-state index contributed by atoms with van der Waals surface area (Å²) in [5.74, 6) is -2.20. The van der Waals surface area contributed by atoms with Crippen LogP contribution in [0.15, 0.2) is 77.8 Å². The SMILES string of the molecule is CN1Cc2cc(NC(=Nc3ccccc3)NC#N)ccc2C1C(=O)NC(Cc1ccc(CCC(=O)O)cc1)C(=O)O. The molecule has 1 heterocycles. The number of amides is 1. The number of carbonyl (C=O) groups is 3. The smallest absolute Gasteiger partial charge is 0.326 e. The number of fused-ring (bicyclic) bond motifs is 1.